The summed E-state index contributed by atoms with van der Waals surface area (Å²) < 4.78 is 1.48. The van der Waals surface area contributed by atoms with Crippen molar-refractivity contribution in [1.82, 2.24) is 20.0 Å². The third-order valence-corrected chi connectivity index (χ3v) is 4.78. The molecule has 1 amide bonds. The van der Waals surface area contributed by atoms with Gasteiger partial charge >= 0.3 is 5.69 Å². The second-order valence-electron chi connectivity index (χ2n) is 6.44. The van der Waals surface area contributed by atoms with Gasteiger partial charge in [-0.3, -0.25) is 24.5 Å². The molecule has 9 nitrogen and oxygen atoms in total. The normalized spacial score (nSPS) is 23.2. The number of piperidine rings is 1. The summed E-state index contributed by atoms with van der Waals surface area (Å²) in [5, 5.41) is 23.2. The summed E-state index contributed by atoms with van der Waals surface area (Å²) in [6.45, 7) is 4.46. The van der Waals surface area contributed by atoms with E-state index < -0.39 is 4.92 Å². The second kappa shape index (κ2) is 5.08. The van der Waals surface area contributed by atoms with Gasteiger partial charge in [0.15, 0.2) is 5.82 Å². The lowest BCUT2D eigenvalue weighted by Crippen LogP contribution is -2.30. The van der Waals surface area contributed by atoms with Crippen molar-refractivity contribution in [2.75, 3.05) is 11.4 Å². The summed E-state index contributed by atoms with van der Waals surface area (Å²) in [5.74, 6) is 1.40. The number of amides is 1. The number of carbonyl (C=O) groups is 1. The van der Waals surface area contributed by atoms with Crippen LogP contribution in [0.3, 0.4) is 0 Å². The fraction of sp³-hybridized carbons (Fsp3) is 0.467. The van der Waals surface area contributed by atoms with Crippen LogP contribution in [0.5, 0.6) is 0 Å². The van der Waals surface area contributed by atoms with E-state index >= 15 is 0 Å². The minimum Gasteiger partial charge on any atom is -0.295 e. The molecule has 3 atom stereocenters. The lowest BCUT2D eigenvalue weighted by molar-refractivity contribution is -0.385. The number of aryl methyl sites for hydroxylation is 1. The minimum absolute atomic E-state index is 0.0648. The Labute approximate surface area is 137 Å². The molecule has 0 aromatic carbocycles. The number of aromatic nitrogens is 4. The largest absolute Gasteiger partial charge is 0.307 e. The Hall–Kier alpha value is -2.84. The monoisotopic (exact) mass is 328 g/mol. The first kappa shape index (κ1) is 14.7. The average molecular weight is 328 g/mol. The first-order valence-corrected chi connectivity index (χ1v) is 7.80. The van der Waals surface area contributed by atoms with Crippen LogP contribution in [0, 0.1) is 28.9 Å². The van der Waals surface area contributed by atoms with Crippen LogP contribution in [-0.2, 0) is 4.79 Å². The van der Waals surface area contributed by atoms with Crippen LogP contribution in [0.4, 0.5) is 11.5 Å². The summed E-state index contributed by atoms with van der Waals surface area (Å²) in [6, 6.07) is 1.57. The van der Waals surface area contributed by atoms with Crippen LogP contribution >= 0.6 is 0 Å². The predicted octanol–water partition coefficient (Wildman–Crippen LogP) is 1.48. The highest BCUT2D eigenvalue weighted by atomic mass is 16.6. The minimum atomic E-state index is -0.486. The van der Waals surface area contributed by atoms with Crippen LogP contribution in [0.25, 0.3) is 0 Å². The van der Waals surface area contributed by atoms with Gasteiger partial charge in [-0.05, 0) is 37.8 Å². The maximum atomic E-state index is 12.2. The smallest absolute Gasteiger partial charge is 0.295 e. The van der Waals surface area contributed by atoms with Gasteiger partial charge in [0.25, 0.3) is 0 Å². The molecule has 2 aromatic heterocycles. The molecule has 0 N–H and O–H groups in total. The van der Waals surface area contributed by atoms with E-state index in [2.05, 4.69) is 15.3 Å². The molecule has 2 aliphatic rings. The highest BCUT2D eigenvalue weighted by Crippen LogP contribution is 2.47. The SMILES string of the molecule is Cc1cc(C(C)n2cc([N+](=O)[O-])cn2)nnc1N1C[C@H]2C[C@H]2C1=O. The molecule has 24 heavy (non-hydrogen) atoms. The number of nitrogens with zero attached hydrogens (tertiary/aromatic N) is 6. The molecule has 0 radical (unpaired) electrons. The van der Waals surface area contributed by atoms with Crippen LogP contribution in [0.2, 0.25) is 0 Å². The Morgan fingerprint density at radius 2 is 2.21 bits per heavy atom. The summed E-state index contributed by atoms with van der Waals surface area (Å²) in [4.78, 5) is 24.2. The number of fused-ring (bicyclic) bond motifs is 1. The molecule has 1 aliphatic carbocycles. The molecule has 1 unspecified atom stereocenters. The maximum absolute atomic E-state index is 12.2. The third-order valence-electron chi connectivity index (χ3n) is 4.78. The number of rotatable bonds is 4. The highest BCUT2D eigenvalue weighted by Gasteiger charge is 2.53. The first-order chi connectivity index (χ1) is 11.5. The fourth-order valence-electron chi connectivity index (χ4n) is 3.21. The molecule has 2 fully saturated rings. The first-order valence-electron chi connectivity index (χ1n) is 7.80. The molecular weight excluding hydrogens is 312 g/mol. The van der Waals surface area contributed by atoms with Crippen molar-refractivity contribution < 1.29 is 9.72 Å². The van der Waals surface area contributed by atoms with E-state index in [0.29, 0.717) is 17.4 Å². The zero-order valence-electron chi connectivity index (χ0n) is 13.3. The maximum Gasteiger partial charge on any atom is 0.307 e. The van der Waals surface area contributed by atoms with Crippen molar-refractivity contribution in [2.45, 2.75) is 26.3 Å². The van der Waals surface area contributed by atoms with E-state index in [1.165, 1.54) is 17.1 Å². The van der Waals surface area contributed by atoms with Crippen molar-refractivity contribution in [3.05, 3.63) is 39.8 Å². The van der Waals surface area contributed by atoms with Crippen LogP contribution in [-0.4, -0.2) is 37.4 Å². The molecule has 1 saturated carbocycles. The van der Waals surface area contributed by atoms with Crippen LogP contribution in [0.1, 0.15) is 30.6 Å². The van der Waals surface area contributed by atoms with E-state index in [1.54, 1.807) is 4.90 Å². The van der Waals surface area contributed by atoms with Gasteiger partial charge in [-0.1, -0.05) is 0 Å². The summed E-state index contributed by atoms with van der Waals surface area (Å²) in [5.41, 5.74) is 1.44. The predicted molar refractivity (Wildman–Crippen MR) is 83.4 cm³/mol. The summed E-state index contributed by atoms with van der Waals surface area (Å²) in [6.07, 6.45) is 3.57. The topological polar surface area (TPSA) is 107 Å². The fourth-order valence-corrected chi connectivity index (χ4v) is 3.21. The Morgan fingerprint density at radius 3 is 2.79 bits per heavy atom. The molecule has 0 spiro atoms. The number of hydrogen-bond acceptors (Lipinski definition) is 6. The molecule has 124 valence electrons. The van der Waals surface area contributed by atoms with Crippen molar-refractivity contribution >= 4 is 17.4 Å². The molecule has 2 aromatic rings. The van der Waals surface area contributed by atoms with Crippen LogP contribution < -0.4 is 4.90 Å². The lowest BCUT2D eigenvalue weighted by atomic mass is 10.1. The van der Waals surface area contributed by atoms with Crippen molar-refractivity contribution in [2.24, 2.45) is 11.8 Å². The molecule has 0 bridgehead atoms. The quantitative estimate of drug-likeness (QED) is 0.621. The molecular formula is C15H16N6O3. The Balaban J connectivity index is 1.59. The van der Waals surface area contributed by atoms with Gasteiger partial charge < -0.3 is 0 Å². The van der Waals surface area contributed by atoms with Gasteiger partial charge in [-0.15, -0.1) is 5.10 Å². The number of anilines is 1. The number of nitro groups is 1. The molecule has 1 saturated heterocycles. The van der Waals surface area contributed by atoms with E-state index in [-0.39, 0.29) is 23.6 Å². The lowest BCUT2D eigenvalue weighted by Gasteiger charge is -2.20. The summed E-state index contributed by atoms with van der Waals surface area (Å²) in [7, 11) is 0. The number of carbonyl (C=O) groups excluding carboxylic acids is 1. The molecule has 9 heteroatoms. The van der Waals surface area contributed by atoms with Crippen molar-refractivity contribution in [3.63, 3.8) is 0 Å². The van der Waals surface area contributed by atoms with Gasteiger partial charge in [0.2, 0.25) is 5.91 Å². The average Bonchev–Trinajstić information content (AvgIpc) is 3.01. The molecule has 4 rings (SSSR count). The van der Waals surface area contributed by atoms with E-state index in [1.807, 2.05) is 19.9 Å². The Kier molecular flexibility index (Phi) is 3.12. The van der Waals surface area contributed by atoms with Gasteiger partial charge in [0.1, 0.15) is 12.4 Å². The van der Waals surface area contributed by atoms with Crippen molar-refractivity contribution in [1.29, 1.82) is 0 Å². The Morgan fingerprint density at radius 1 is 1.42 bits per heavy atom. The van der Waals surface area contributed by atoms with Gasteiger partial charge in [-0.25, -0.2) is 0 Å². The number of hydrogen-bond donors (Lipinski definition) is 0. The van der Waals surface area contributed by atoms with Crippen molar-refractivity contribution in [3.8, 4) is 0 Å². The Bertz CT molecular complexity index is 847. The van der Waals surface area contributed by atoms with Gasteiger partial charge in [0.05, 0.1) is 16.7 Å². The van der Waals surface area contributed by atoms with E-state index in [4.69, 9.17) is 0 Å². The molecule has 1 aliphatic heterocycles. The third kappa shape index (κ3) is 2.24. The summed E-state index contributed by atoms with van der Waals surface area (Å²) >= 11 is 0. The van der Waals surface area contributed by atoms with Gasteiger partial charge in [0, 0.05) is 12.5 Å². The highest BCUT2D eigenvalue weighted by molar-refractivity contribution is 5.99. The zero-order valence-corrected chi connectivity index (χ0v) is 13.3. The molecule has 3 heterocycles. The van der Waals surface area contributed by atoms with Gasteiger partial charge in [-0.2, -0.15) is 10.2 Å². The second-order valence-corrected chi connectivity index (χ2v) is 6.44. The van der Waals surface area contributed by atoms with E-state index in [9.17, 15) is 14.9 Å². The van der Waals surface area contributed by atoms with Crippen LogP contribution in [0.15, 0.2) is 18.5 Å². The van der Waals surface area contributed by atoms with E-state index in [0.717, 1.165) is 18.5 Å². The standard InChI is InChI=1S/C15H16N6O3/c1-8-3-13(9(2)20-7-11(5-16-20)21(23)24)17-18-14(8)19-6-10-4-12(10)15(19)22/h3,5,7,9-10,12H,4,6H2,1-2H3/t9?,10-,12-/m1/s1. The zero-order chi connectivity index (χ0) is 17.0.